The molecule has 2 aromatic rings. The van der Waals surface area contributed by atoms with Gasteiger partial charge in [-0.3, -0.25) is 14.5 Å². The first-order valence-corrected chi connectivity index (χ1v) is 5.59. The summed E-state index contributed by atoms with van der Waals surface area (Å²) in [5, 5.41) is 10.3. The smallest absolute Gasteiger partial charge is 0.269 e. The Labute approximate surface area is 104 Å². The summed E-state index contributed by atoms with van der Waals surface area (Å²) in [6, 6.07) is 3.19. The van der Waals surface area contributed by atoms with Gasteiger partial charge in [-0.25, -0.2) is 0 Å². The van der Waals surface area contributed by atoms with Crippen LogP contribution in [0.2, 0.25) is 0 Å². The monoisotopic (exact) mass is 246 g/mol. The number of pyridine rings is 1. The van der Waals surface area contributed by atoms with Gasteiger partial charge in [0.25, 0.3) is 5.91 Å². The number of nitrogens with two attached hydrogens (primary N) is 1. The topological polar surface area (TPSA) is 98.7 Å². The van der Waals surface area contributed by atoms with Gasteiger partial charge in [0.05, 0.1) is 6.20 Å². The Kier molecular flexibility index (Phi) is 3.85. The van der Waals surface area contributed by atoms with Crippen molar-refractivity contribution in [2.45, 2.75) is 13.0 Å². The summed E-state index contributed by atoms with van der Waals surface area (Å²) in [6.07, 6.45) is 5.69. The SMILES string of the molecule is Nc1ccnc(C(=O)NCCCn2ccnn2)c1. The van der Waals surface area contributed by atoms with Crippen LogP contribution in [0.15, 0.2) is 30.7 Å². The van der Waals surface area contributed by atoms with Gasteiger partial charge >= 0.3 is 0 Å². The fourth-order valence-corrected chi connectivity index (χ4v) is 1.46. The Balaban J connectivity index is 1.75. The largest absolute Gasteiger partial charge is 0.399 e. The lowest BCUT2D eigenvalue weighted by molar-refractivity contribution is 0.0947. The highest BCUT2D eigenvalue weighted by molar-refractivity contribution is 5.92. The predicted molar refractivity (Wildman–Crippen MR) is 65.6 cm³/mol. The quantitative estimate of drug-likeness (QED) is 0.728. The molecule has 7 heteroatoms. The Morgan fingerprint density at radius 3 is 3.06 bits per heavy atom. The average Bonchev–Trinajstić information content (AvgIpc) is 2.87. The van der Waals surface area contributed by atoms with Gasteiger partial charge in [-0.05, 0) is 18.6 Å². The van der Waals surface area contributed by atoms with Gasteiger partial charge in [0.1, 0.15) is 5.69 Å². The zero-order valence-electron chi connectivity index (χ0n) is 9.78. The van der Waals surface area contributed by atoms with E-state index in [1.807, 2.05) is 0 Å². The normalized spacial score (nSPS) is 10.2. The van der Waals surface area contributed by atoms with E-state index in [0.717, 1.165) is 6.42 Å². The molecule has 1 amide bonds. The van der Waals surface area contributed by atoms with E-state index in [1.54, 1.807) is 29.2 Å². The first-order chi connectivity index (χ1) is 8.75. The lowest BCUT2D eigenvalue weighted by Crippen LogP contribution is -2.26. The summed E-state index contributed by atoms with van der Waals surface area (Å²) in [4.78, 5) is 15.6. The number of amides is 1. The molecule has 0 spiro atoms. The second-order valence-corrected chi connectivity index (χ2v) is 3.75. The Hall–Kier alpha value is -2.44. The highest BCUT2D eigenvalue weighted by Crippen LogP contribution is 2.02. The highest BCUT2D eigenvalue weighted by Gasteiger charge is 2.06. The molecule has 18 heavy (non-hydrogen) atoms. The van der Waals surface area contributed by atoms with Gasteiger partial charge in [-0.2, -0.15) is 0 Å². The van der Waals surface area contributed by atoms with Crippen molar-refractivity contribution in [2.24, 2.45) is 0 Å². The van der Waals surface area contributed by atoms with E-state index in [4.69, 9.17) is 5.73 Å². The predicted octanol–water partition coefficient (Wildman–Crippen LogP) is 0.0754. The van der Waals surface area contributed by atoms with Crippen LogP contribution < -0.4 is 11.1 Å². The summed E-state index contributed by atoms with van der Waals surface area (Å²) in [6.45, 7) is 1.26. The van der Waals surface area contributed by atoms with Crippen LogP contribution in [-0.2, 0) is 6.54 Å². The van der Waals surface area contributed by atoms with Crippen LogP contribution in [-0.4, -0.2) is 32.4 Å². The molecule has 0 aliphatic rings. The molecule has 0 bridgehead atoms. The second-order valence-electron chi connectivity index (χ2n) is 3.75. The number of anilines is 1. The minimum Gasteiger partial charge on any atom is -0.399 e. The van der Waals surface area contributed by atoms with E-state index in [0.29, 0.717) is 24.5 Å². The number of aromatic nitrogens is 4. The van der Waals surface area contributed by atoms with Crippen molar-refractivity contribution < 1.29 is 4.79 Å². The Morgan fingerprint density at radius 2 is 2.33 bits per heavy atom. The minimum absolute atomic E-state index is 0.221. The summed E-state index contributed by atoms with van der Waals surface area (Å²) < 4.78 is 1.71. The number of nitrogens with one attached hydrogen (secondary N) is 1. The molecular formula is C11H14N6O. The molecule has 0 radical (unpaired) electrons. The van der Waals surface area contributed by atoms with Crippen LogP contribution in [0.1, 0.15) is 16.9 Å². The molecule has 0 aliphatic carbocycles. The van der Waals surface area contributed by atoms with Crippen LogP contribution in [0.5, 0.6) is 0 Å². The molecule has 0 saturated carbocycles. The van der Waals surface area contributed by atoms with Crippen molar-refractivity contribution in [3.8, 4) is 0 Å². The number of rotatable bonds is 5. The summed E-state index contributed by atoms with van der Waals surface area (Å²) in [7, 11) is 0. The van der Waals surface area contributed by atoms with Gasteiger partial charge in [0.15, 0.2) is 0 Å². The molecule has 0 atom stereocenters. The lowest BCUT2D eigenvalue weighted by Gasteiger charge is -2.05. The summed E-state index contributed by atoms with van der Waals surface area (Å²) in [5.74, 6) is -0.221. The van der Waals surface area contributed by atoms with E-state index in [2.05, 4.69) is 20.6 Å². The van der Waals surface area contributed by atoms with Crippen LogP contribution >= 0.6 is 0 Å². The number of nitrogen functional groups attached to an aromatic ring is 1. The van der Waals surface area contributed by atoms with Gasteiger partial charge in [-0.15, -0.1) is 5.10 Å². The number of carbonyl (C=O) groups excluding carboxylic acids is 1. The highest BCUT2D eigenvalue weighted by atomic mass is 16.1. The molecule has 3 N–H and O–H groups in total. The molecule has 0 aliphatic heterocycles. The molecule has 0 fully saturated rings. The van der Waals surface area contributed by atoms with E-state index in [-0.39, 0.29) is 5.91 Å². The van der Waals surface area contributed by atoms with Crippen molar-refractivity contribution in [1.29, 1.82) is 0 Å². The average molecular weight is 246 g/mol. The third kappa shape index (κ3) is 3.27. The third-order valence-corrected chi connectivity index (χ3v) is 2.34. The van der Waals surface area contributed by atoms with Crippen LogP contribution in [0, 0.1) is 0 Å². The number of carbonyl (C=O) groups is 1. The Bertz CT molecular complexity index is 510. The maximum Gasteiger partial charge on any atom is 0.269 e. The van der Waals surface area contributed by atoms with Crippen molar-refractivity contribution in [3.63, 3.8) is 0 Å². The zero-order valence-corrected chi connectivity index (χ0v) is 9.78. The van der Waals surface area contributed by atoms with E-state index >= 15 is 0 Å². The molecule has 2 rings (SSSR count). The van der Waals surface area contributed by atoms with Crippen LogP contribution in [0.4, 0.5) is 5.69 Å². The molecule has 94 valence electrons. The molecule has 0 unspecified atom stereocenters. The van der Waals surface area contributed by atoms with E-state index in [1.165, 1.54) is 6.20 Å². The molecule has 7 nitrogen and oxygen atoms in total. The third-order valence-electron chi connectivity index (χ3n) is 2.34. The fourth-order valence-electron chi connectivity index (χ4n) is 1.46. The zero-order chi connectivity index (χ0) is 12.8. The fraction of sp³-hybridized carbons (Fsp3) is 0.273. The number of nitrogens with zero attached hydrogens (tertiary/aromatic N) is 4. The van der Waals surface area contributed by atoms with Gasteiger partial charge in [0.2, 0.25) is 0 Å². The maximum absolute atomic E-state index is 11.7. The van der Waals surface area contributed by atoms with Crippen LogP contribution in [0.25, 0.3) is 0 Å². The molecule has 2 heterocycles. The van der Waals surface area contributed by atoms with Crippen molar-refractivity contribution in [3.05, 3.63) is 36.4 Å². The molecule has 0 saturated heterocycles. The van der Waals surface area contributed by atoms with Crippen molar-refractivity contribution in [1.82, 2.24) is 25.3 Å². The first-order valence-electron chi connectivity index (χ1n) is 5.59. The van der Waals surface area contributed by atoms with Gasteiger partial charge in [-0.1, -0.05) is 5.21 Å². The summed E-state index contributed by atoms with van der Waals surface area (Å²) >= 11 is 0. The van der Waals surface area contributed by atoms with Gasteiger partial charge in [0, 0.05) is 31.2 Å². The standard InChI is InChI=1S/C11H14N6O/c12-9-2-4-13-10(8-9)11(18)14-3-1-6-17-7-5-15-16-17/h2,4-5,7-8H,1,3,6H2,(H2,12,13)(H,14,18). The lowest BCUT2D eigenvalue weighted by atomic mass is 10.3. The van der Waals surface area contributed by atoms with Crippen molar-refractivity contribution in [2.75, 3.05) is 12.3 Å². The van der Waals surface area contributed by atoms with E-state index < -0.39 is 0 Å². The van der Waals surface area contributed by atoms with Crippen molar-refractivity contribution >= 4 is 11.6 Å². The Morgan fingerprint density at radius 1 is 1.44 bits per heavy atom. The number of hydrogen-bond acceptors (Lipinski definition) is 5. The van der Waals surface area contributed by atoms with E-state index in [9.17, 15) is 4.79 Å². The minimum atomic E-state index is -0.221. The molecule has 2 aromatic heterocycles. The van der Waals surface area contributed by atoms with Gasteiger partial charge < -0.3 is 11.1 Å². The number of aryl methyl sites for hydroxylation is 1. The van der Waals surface area contributed by atoms with Crippen LogP contribution in [0.3, 0.4) is 0 Å². The molecule has 0 aromatic carbocycles. The first kappa shape index (κ1) is 12.0. The second kappa shape index (κ2) is 5.76. The number of hydrogen-bond donors (Lipinski definition) is 2. The summed E-state index contributed by atoms with van der Waals surface area (Å²) in [5.41, 5.74) is 6.43. The maximum atomic E-state index is 11.7. The molecular weight excluding hydrogens is 232 g/mol.